The Morgan fingerprint density at radius 3 is 2.61 bits per heavy atom. The molecule has 1 aromatic rings. The van der Waals surface area contributed by atoms with Crippen LogP contribution in [0.1, 0.15) is 36.0 Å². The fourth-order valence-electron chi connectivity index (χ4n) is 1.93. The number of halogens is 1. The predicted octanol–water partition coefficient (Wildman–Crippen LogP) is 3.67. The molecule has 0 saturated heterocycles. The van der Waals surface area contributed by atoms with E-state index in [2.05, 4.69) is 32.0 Å². The van der Waals surface area contributed by atoms with Gasteiger partial charge in [0, 0.05) is 25.9 Å². The Labute approximate surface area is 115 Å². The number of hydrogen-bond acceptors (Lipinski definition) is 1. The molecule has 0 radical (unpaired) electrons. The van der Waals surface area contributed by atoms with Crippen LogP contribution >= 0.6 is 11.6 Å². The van der Waals surface area contributed by atoms with Crippen LogP contribution in [0.3, 0.4) is 0 Å². The number of rotatable bonds is 6. The van der Waals surface area contributed by atoms with Crippen LogP contribution in [0.25, 0.3) is 0 Å². The molecule has 3 heteroatoms. The molecule has 0 aliphatic heterocycles. The van der Waals surface area contributed by atoms with Crippen molar-refractivity contribution in [2.45, 2.75) is 39.7 Å². The van der Waals surface area contributed by atoms with Gasteiger partial charge in [-0.2, -0.15) is 0 Å². The van der Waals surface area contributed by atoms with Gasteiger partial charge in [-0.05, 0) is 37.8 Å². The van der Waals surface area contributed by atoms with Gasteiger partial charge in [0.2, 0.25) is 5.91 Å². The van der Waals surface area contributed by atoms with Crippen LogP contribution in [0, 0.1) is 13.8 Å². The van der Waals surface area contributed by atoms with Crippen LogP contribution in [0.5, 0.6) is 0 Å². The van der Waals surface area contributed by atoms with Gasteiger partial charge in [-0.1, -0.05) is 23.8 Å². The lowest BCUT2D eigenvalue weighted by Crippen LogP contribution is -2.26. The lowest BCUT2D eigenvalue weighted by molar-refractivity contribution is -0.130. The van der Waals surface area contributed by atoms with Crippen LogP contribution in [0.2, 0.25) is 0 Å². The summed E-state index contributed by atoms with van der Waals surface area (Å²) in [5.74, 6) is 0.828. The van der Waals surface area contributed by atoms with E-state index in [1.807, 2.05) is 7.05 Å². The van der Waals surface area contributed by atoms with Crippen molar-refractivity contribution in [1.29, 1.82) is 0 Å². The molecule has 0 N–H and O–H groups in total. The quantitative estimate of drug-likeness (QED) is 0.569. The van der Waals surface area contributed by atoms with Gasteiger partial charge in [-0.25, -0.2) is 0 Å². The van der Waals surface area contributed by atoms with Gasteiger partial charge in [0.15, 0.2) is 0 Å². The summed E-state index contributed by atoms with van der Waals surface area (Å²) in [5.41, 5.74) is 3.72. The topological polar surface area (TPSA) is 20.3 Å². The molecular weight excluding hydrogens is 246 g/mol. The summed E-state index contributed by atoms with van der Waals surface area (Å²) in [6, 6.07) is 6.35. The van der Waals surface area contributed by atoms with E-state index in [4.69, 9.17) is 11.6 Å². The SMILES string of the molecule is Cc1ccc(CN(C)C(=O)CCCCCl)c(C)c1. The summed E-state index contributed by atoms with van der Waals surface area (Å²) in [6.07, 6.45) is 2.37. The van der Waals surface area contributed by atoms with Crippen molar-refractivity contribution < 1.29 is 4.79 Å². The third-order valence-electron chi connectivity index (χ3n) is 3.11. The lowest BCUT2D eigenvalue weighted by atomic mass is 10.1. The molecule has 100 valence electrons. The van der Waals surface area contributed by atoms with Crippen molar-refractivity contribution in [1.82, 2.24) is 4.90 Å². The predicted molar refractivity (Wildman–Crippen MR) is 77.0 cm³/mol. The van der Waals surface area contributed by atoms with Crippen LogP contribution < -0.4 is 0 Å². The highest BCUT2D eigenvalue weighted by molar-refractivity contribution is 6.17. The maximum atomic E-state index is 11.9. The maximum Gasteiger partial charge on any atom is 0.222 e. The Balaban J connectivity index is 2.53. The number of alkyl halides is 1. The maximum absolute atomic E-state index is 11.9. The third kappa shape index (κ3) is 4.69. The number of hydrogen-bond donors (Lipinski definition) is 0. The third-order valence-corrected chi connectivity index (χ3v) is 3.37. The summed E-state index contributed by atoms with van der Waals surface area (Å²) >= 11 is 5.61. The number of benzene rings is 1. The fraction of sp³-hybridized carbons (Fsp3) is 0.533. The zero-order valence-electron chi connectivity index (χ0n) is 11.5. The van der Waals surface area contributed by atoms with Gasteiger partial charge in [-0.3, -0.25) is 4.79 Å². The average molecular weight is 268 g/mol. The molecule has 0 aromatic heterocycles. The highest BCUT2D eigenvalue weighted by Gasteiger charge is 2.10. The first-order valence-corrected chi connectivity index (χ1v) is 6.94. The van der Waals surface area contributed by atoms with Gasteiger partial charge >= 0.3 is 0 Å². The standard InChI is InChI=1S/C15H22ClNO/c1-12-7-8-14(13(2)10-12)11-17(3)15(18)6-4-5-9-16/h7-8,10H,4-6,9,11H2,1-3H3. The minimum Gasteiger partial charge on any atom is -0.341 e. The van der Waals surface area contributed by atoms with Gasteiger partial charge in [0.25, 0.3) is 0 Å². The Bertz CT molecular complexity index is 403. The minimum absolute atomic E-state index is 0.195. The molecule has 0 heterocycles. The summed E-state index contributed by atoms with van der Waals surface area (Å²) in [6.45, 7) is 4.86. The molecule has 0 aliphatic rings. The molecule has 0 spiro atoms. The highest BCUT2D eigenvalue weighted by atomic mass is 35.5. The summed E-state index contributed by atoms with van der Waals surface area (Å²) < 4.78 is 0. The van der Waals surface area contributed by atoms with Gasteiger partial charge in [0.05, 0.1) is 0 Å². The normalized spacial score (nSPS) is 10.4. The largest absolute Gasteiger partial charge is 0.341 e. The van der Waals surface area contributed by atoms with E-state index in [-0.39, 0.29) is 5.91 Å². The zero-order valence-corrected chi connectivity index (χ0v) is 12.3. The van der Waals surface area contributed by atoms with Gasteiger partial charge < -0.3 is 4.90 Å². The van der Waals surface area contributed by atoms with Crippen LogP contribution in [-0.4, -0.2) is 23.7 Å². The van der Waals surface area contributed by atoms with E-state index < -0.39 is 0 Å². The van der Waals surface area contributed by atoms with Crippen molar-refractivity contribution in [3.63, 3.8) is 0 Å². The Kier molecular flexibility index (Phi) is 6.20. The summed E-state index contributed by atoms with van der Waals surface area (Å²) in [5, 5.41) is 0. The second-order valence-electron chi connectivity index (χ2n) is 4.83. The second kappa shape index (κ2) is 7.42. The van der Waals surface area contributed by atoms with Crippen molar-refractivity contribution in [2.24, 2.45) is 0 Å². The van der Waals surface area contributed by atoms with E-state index in [0.717, 1.165) is 12.8 Å². The molecule has 0 unspecified atom stereocenters. The first-order chi connectivity index (χ1) is 8.54. The number of nitrogens with zero attached hydrogens (tertiary/aromatic N) is 1. The van der Waals surface area contributed by atoms with E-state index in [1.54, 1.807) is 4.90 Å². The number of carbonyl (C=O) groups excluding carboxylic acids is 1. The lowest BCUT2D eigenvalue weighted by Gasteiger charge is -2.18. The highest BCUT2D eigenvalue weighted by Crippen LogP contribution is 2.13. The Morgan fingerprint density at radius 1 is 1.28 bits per heavy atom. The van der Waals surface area contributed by atoms with Gasteiger partial charge in [-0.15, -0.1) is 11.6 Å². The number of unbranched alkanes of at least 4 members (excludes halogenated alkanes) is 1. The molecule has 1 amide bonds. The van der Waals surface area contributed by atoms with E-state index in [9.17, 15) is 4.79 Å². The van der Waals surface area contributed by atoms with Crippen LogP contribution in [-0.2, 0) is 11.3 Å². The molecule has 1 aromatic carbocycles. The molecule has 1 rings (SSSR count). The first-order valence-electron chi connectivity index (χ1n) is 6.40. The van der Waals surface area contributed by atoms with E-state index >= 15 is 0 Å². The summed E-state index contributed by atoms with van der Waals surface area (Å²) in [7, 11) is 1.86. The molecular formula is C15H22ClNO. The molecule has 0 aliphatic carbocycles. The molecule has 0 fully saturated rings. The number of carbonyl (C=O) groups is 1. The minimum atomic E-state index is 0.195. The fourth-order valence-corrected chi connectivity index (χ4v) is 2.12. The van der Waals surface area contributed by atoms with Crippen LogP contribution in [0.15, 0.2) is 18.2 Å². The van der Waals surface area contributed by atoms with E-state index in [1.165, 1.54) is 16.7 Å². The van der Waals surface area contributed by atoms with Crippen molar-refractivity contribution in [2.75, 3.05) is 12.9 Å². The first kappa shape index (κ1) is 15.0. The number of amides is 1. The van der Waals surface area contributed by atoms with Crippen molar-refractivity contribution in [3.05, 3.63) is 34.9 Å². The van der Waals surface area contributed by atoms with Crippen LogP contribution in [0.4, 0.5) is 0 Å². The van der Waals surface area contributed by atoms with E-state index in [0.29, 0.717) is 18.8 Å². The zero-order chi connectivity index (χ0) is 13.5. The Hall–Kier alpha value is -1.02. The molecule has 0 atom stereocenters. The van der Waals surface area contributed by atoms with Crippen molar-refractivity contribution >= 4 is 17.5 Å². The monoisotopic (exact) mass is 267 g/mol. The molecule has 2 nitrogen and oxygen atoms in total. The smallest absolute Gasteiger partial charge is 0.222 e. The molecule has 0 bridgehead atoms. The number of aryl methyl sites for hydroxylation is 2. The van der Waals surface area contributed by atoms with Crippen molar-refractivity contribution in [3.8, 4) is 0 Å². The average Bonchev–Trinajstić information content (AvgIpc) is 2.32. The van der Waals surface area contributed by atoms with Gasteiger partial charge in [0.1, 0.15) is 0 Å². The molecule has 0 saturated carbocycles. The summed E-state index contributed by atoms with van der Waals surface area (Å²) in [4.78, 5) is 13.7. The molecule has 18 heavy (non-hydrogen) atoms. The second-order valence-corrected chi connectivity index (χ2v) is 5.20. The Morgan fingerprint density at radius 2 is 2.00 bits per heavy atom.